The van der Waals surface area contributed by atoms with E-state index in [0.29, 0.717) is 13.1 Å². The highest BCUT2D eigenvalue weighted by Gasteiger charge is 1.98. The molecular formula is C10H14N2O. The lowest BCUT2D eigenvalue weighted by molar-refractivity contribution is 0.730. The Morgan fingerprint density at radius 1 is 1.69 bits per heavy atom. The van der Waals surface area contributed by atoms with Crippen LogP contribution in [0, 0.1) is 6.92 Å². The average Bonchev–Trinajstić information content (AvgIpc) is 2.13. The van der Waals surface area contributed by atoms with Crippen LogP contribution in [0.25, 0.3) is 0 Å². The second-order valence-electron chi connectivity index (χ2n) is 3.08. The van der Waals surface area contributed by atoms with Gasteiger partial charge in [-0.1, -0.05) is 12.6 Å². The normalized spacial score (nSPS) is 10.0. The summed E-state index contributed by atoms with van der Waals surface area (Å²) in [5, 5.41) is 0. The lowest BCUT2D eigenvalue weighted by Crippen LogP contribution is -2.23. The molecule has 0 aromatic carbocycles. The fourth-order valence-electron chi connectivity index (χ4n) is 1.09. The molecule has 0 spiro atoms. The molecule has 0 bridgehead atoms. The third-order valence-corrected chi connectivity index (χ3v) is 1.89. The molecule has 0 atom stereocenters. The summed E-state index contributed by atoms with van der Waals surface area (Å²) in [7, 11) is 0. The Hall–Kier alpha value is -1.35. The van der Waals surface area contributed by atoms with E-state index >= 15 is 0 Å². The molecular weight excluding hydrogens is 164 g/mol. The predicted octanol–water partition coefficient (Wildman–Crippen LogP) is 0.672. The second-order valence-corrected chi connectivity index (χ2v) is 3.08. The number of aromatic nitrogens is 1. The van der Waals surface area contributed by atoms with Gasteiger partial charge < -0.3 is 10.3 Å². The number of rotatable bonds is 3. The molecule has 2 N–H and O–H groups in total. The molecule has 1 aromatic heterocycles. The average molecular weight is 178 g/mol. The summed E-state index contributed by atoms with van der Waals surface area (Å²) < 4.78 is 1.62. The molecule has 0 aliphatic heterocycles. The van der Waals surface area contributed by atoms with Gasteiger partial charge in [-0.15, -0.1) is 0 Å². The van der Waals surface area contributed by atoms with Crippen LogP contribution in [0.4, 0.5) is 0 Å². The maximum absolute atomic E-state index is 11.5. The molecule has 1 heterocycles. The number of aryl methyl sites for hydroxylation is 1. The Kier molecular flexibility index (Phi) is 3.03. The van der Waals surface area contributed by atoms with Crippen molar-refractivity contribution in [3.05, 3.63) is 46.4 Å². The van der Waals surface area contributed by atoms with Crippen LogP contribution in [-0.2, 0) is 6.54 Å². The van der Waals surface area contributed by atoms with E-state index < -0.39 is 0 Å². The van der Waals surface area contributed by atoms with Crippen molar-refractivity contribution in [2.24, 2.45) is 5.73 Å². The molecule has 1 rings (SSSR count). The van der Waals surface area contributed by atoms with Crippen LogP contribution >= 0.6 is 0 Å². The Morgan fingerprint density at radius 3 is 3.00 bits per heavy atom. The van der Waals surface area contributed by atoms with E-state index in [1.807, 2.05) is 6.07 Å². The Morgan fingerprint density at radius 2 is 2.38 bits per heavy atom. The third-order valence-electron chi connectivity index (χ3n) is 1.89. The van der Waals surface area contributed by atoms with E-state index in [9.17, 15) is 4.79 Å². The zero-order valence-electron chi connectivity index (χ0n) is 7.79. The van der Waals surface area contributed by atoms with Gasteiger partial charge in [0.05, 0.1) is 0 Å². The van der Waals surface area contributed by atoms with E-state index in [1.165, 1.54) is 0 Å². The lowest BCUT2D eigenvalue weighted by Gasteiger charge is -2.06. The maximum atomic E-state index is 11.5. The first-order chi connectivity index (χ1) is 6.15. The molecule has 0 aliphatic rings. The Bertz CT molecular complexity index is 365. The van der Waals surface area contributed by atoms with Gasteiger partial charge in [0, 0.05) is 24.8 Å². The first-order valence-corrected chi connectivity index (χ1v) is 4.18. The van der Waals surface area contributed by atoms with Crippen molar-refractivity contribution in [3.8, 4) is 0 Å². The van der Waals surface area contributed by atoms with Crippen molar-refractivity contribution < 1.29 is 0 Å². The highest BCUT2D eigenvalue weighted by atomic mass is 16.1. The first-order valence-electron chi connectivity index (χ1n) is 4.18. The maximum Gasteiger partial charge on any atom is 0.253 e. The molecule has 0 radical (unpaired) electrons. The topological polar surface area (TPSA) is 48.0 Å². The van der Waals surface area contributed by atoms with Gasteiger partial charge in [0.2, 0.25) is 0 Å². The quantitative estimate of drug-likeness (QED) is 0.692. The summed E-state index contributed by atoms with van der Waals surface area (Å²) in [6.07, 6.45) is 1.75. The molecule has 0 unspecified atom stereocenters. The van der Waals surface area contributed by atoms with Crippen LogP contribution in [0.1, 0.15) is 5.56 Å². The van der Waals surface area contributed by atoms with Crippen molar-refractivity contribution >= 4 is 0 Å². The zero-order chi connectivity index (χ0) is 9.84. The van der Waals surface area contributed by atoms with Crippen molar-refractivity contribution in [2.45, 2.75) is 13.5 Å². The fraction of sp³-hybridized carbons (Fsp3) is 0.300. The van der Waals surface area contributed by atoms with Crippen molar-refractivity contribution in [3.63, 3.8) is 0 Å². The van der Waals surface area contributed by atoms with Crippen molar-refractivity contribution in [1.82, 2.24) is 4.57 Å². The summed E-state index contributed by atoms with van der Waals surface area (Å²) in [6, 6.07) is 3.64. The second kappa shape index (κ2) is 4.05. The van der Waals surface area contributed by atoms with Crippen LogP contribution in [0.5, 0.6) is 0 Å². The van der Waals surface area contributed by atoms with Crippen LogP contribution in [0.3, 0.4) is 0 Å². The van der Waals surface area contributed by atoms with Crippen molar-refractivity contribution in [2.75, 3.05) is 6.54 Å². The van der Waals surface area contributed by atoms with E-state index in [2.05, 4.69) is 6.58 Å². The predicted molar refractivity (Wildman–Crippen MR) is 53.6 cm³/mol. The number of nitrogens with zero attached hydrogens (tertiary/aromatic N) is 1. The van der Waals surface area contributed by atoms with Crippen LogP contribution in [0.2, 0.25) is 0 Å². The molecule has 1 aromatic rings. The summed E-state index contributed by atoms with van der Waals surface area (Å²) in [5.74, 6) is 0. The Balaban J connectivity index is 2.96. The van der Waals surface area contributed by atoms with Gasteiger partial charge in [0.15, 0.2) is 0 Å². The van der Waals surface area contributed by atoms with Gasteiger partial charge in [-0.05, 0) is 18.6 Å². The monoisotopic (exact) mass is 178 g/mol. The van der Waals surface area contributed by atoms with Crippen molar-refractivity contribution in [1.29, 1.82) is 0 Å². The molecule has 70 valence electrons. The number of hydrogen-bond acceptors (Lipinski definition) is 2. The minimum atomic E-state index is 0.0251. The van der Waals surface area contributed by atoms with Gasteiger partial charge >= 0.3 is 0 Å². The summed E-state index contributed by atoms with van der Waals surface area (Å²) in [6.45, 7) is 6.48. The number of pyridine rings is 1. The van der Waals surface area contributed by atoms with Gasteiger partial charge in [-0.2, -0.15) is 0 Å². The first kappa shape index (κ1) is 9.74. The highest BCUT2D eigenvalue weighted by Crippen LogP contribution is 1.94. The number of hydrogen-bond donors (Lipinski definition) is 1. The van der Waals surface area contributed by atoms with Crippen LogP contribution < -0.4 is 11.3 Å². The minimum absolute atomic E-state index is 0.0251. The van der Waals surface area contributed by atoms with Gasteiger partial charge in [0.1, 0.15) is 0 Å². The fourth-order valence-corrected chi connectivity index (χ4v) is 1.09. The summed E-state index contributed by atoms with van der Waals surface area (Å²) in [4.78, 5) is 11.5. The van der Waals surface area contributed by atoms with Crippen LogP contribution in [0.15, 0.2) is 35.3 Å². The molecule has 13 heavy (non-hydrogen) atoms. The molecule has 0 saturated heterocycles. The van der Waals surface area contributed by atoms with E-state index in [0.717, 1.165) is 11.1 Å². The van der Waals surface area contributed by atoms with E-state index in [1.54, 1.807) is 23.8 Å². The molecule has 0 amide bonds. The van der Waals surface area contributed by atoms with Gasteiger partial charge in [-0.25, -0.2) is 0 Å². The Labute approximate surface area is 77.5 Å². The summed E-state index contributed by atoms with van der Waals surface area (Å²) in [5.41, 5.74) is 7.02. The molecule has 0 aliphatic carbocycles. The minimum Gasteiger partial charge on any atom is -0.327 e. The van der Waals surface area contributed by atoms with Crippen LogP contribution in [-0.4, -0.2) is 11.1 Å². The highest BCUT2D eigenvalue weighted by molar-refractivity contribution is 5.09. The van der Waals surface area contributed by atoms with E-state index in [-0.39, 0.29) is 5.56 Å². The third kappa shape index (κ3) is 2.29. The molecule has 3 nitrogen and oxygen atoms in total. The molecule has 0 fully saturated rings. The molecule has 0 saturated carbocycles. The van der Waals surface area contributed by atoms with Gasteiger partial charge in [0.25, 0.3) is 5.56 Å². The lowest BCUT2D eigenvalue weighted by atomic mass is 10.2. The van der Waals surface area contributed by atoms with Gasteiger partial charge in [-0.3, -0.25) is 4.79 Å². The number of nitrogens with two attached hydrogens (primary N) is 1. The zero-order valence-corrected chi connectivity index (χ0v) is 7.79. The SMILES string of the molecule is C=C(CN)Cn1cccc(C)c1=O. The summed E-state index contributed by atoms with van der Waals surface area (Å²) >= 11 is 0. The molecule has 3 heteroatoms. The standard InChI is InChI=1S/C10H14N2O/c1-8(6-11)7-12-5-3-4-9(2)10(12)13/h3-5H,1,6-7,11H2,2H3. The smallest absolute Gasteiger partial charge is 0.253 e. The largest absolute Gasteiger partial charge is 0.327 e. The van der Waals surface area contributed by atoms with E-state index in [4.69, 9.17) is 5.73 Å².